The van der Waals surface area contributed by atoms with Crippen LogP contribution in [-0.2, 0) is 10.2 Å². The van der Waals surface area contributed by atoms with E-state index in [4.69, 9.17) is 0 Å². The molecule has 0 aliphatic heterocycles. The van der Waals surface area contributed by atoms with Crippen LogP contribution in [-0.4, -0.2) is 16.2 Å². The molecular weight excluding hydrogens is 288 g/mol. The summed E-state index contributed by atoms with van der Waals surface area (Å²) in [5.41, 5.74) is 1.61. The first kappa shape index (κ1) is 17.2. The van der Waals surface area contributed by atoms with Gasteiger partial charge in [0.05, 0.1) is 12.0 Å². The lowest BCUT2D eigenvalue weighted by Crippen LogP contribution is -2.27. The molecule has 3 nitrogen and oxygen atoms in total. The molecule has 0 fully saturated rings. The first-order valence-corrected chi connectivity index (χ1v) is 7.91. The van der Waals surface area contributed by atoms with E-state index in [0.717, 1.165) is 11.1 Å². The Morgan fingerprint density at radius 1 is 1.00 bits per heavy atom. The van der Waals surface area contributed by atoms with E-state index in [0.29, 0.717) is 6.42 Å². The lowest BCUT2D eigenvalue weighted by Gasteiger charge is -2.29. The summed E-state index contributed by atoms with van der Waals surface area (Å²) in [5, 5.41) is 19.9. The van der Waals surface area contributed by atoms with E-state index in [1.807, 2.05) is 74.5 Å². The summed E-state index contributed by atoms with van der Waals surface area (Å²) in [6.07, 6.45) is -0.0601. The molecule has 0 spiro atoms. The van der Waals surface area contributed by atoms with Gasteiger partial charge in [-0.05, 0) is 29.4 Å². The van der Waals surface area contributed by atoms with Crippen molar-refractivity contribution in [2.75, 3.05) is 0 Å². The maximum absolute atomic E-state index is 11.7. The molecule has 0 bridgehead atoms. The molecule has 2 unspecified atom stereocenters. The Bertz CT molecular complexity index is 620. The molecule has 0 aliphatic carbocycles. The normalized spacial score (nSPS) is 14.2. The minimum atomic E-state index is -0.857. The highest BCUT2D eigenvalue weighted by molar-refractivity contribution is 5.70. The van der Waals surface area contributed by atoms with Gasteiger partial charge in [-0.25, -0.2) is 0 Å². The highest BCUT2D eigenvalue weighted by atomic mass is 16.4. The highest BCUT2D eigenvalue weighted by Gasteiger charge is 2.31. The second-order valence-corrected chi connectivity index (χ2v) is 6.65. The van der Waals surface area contributed by atoms with Gasteiger partial charge in [-0.1, -0.05) is 74.5 Å². The fourth-order valence-corrected chi connectivity index (χ4v) is 2.98. The minimum Gasteiger partial charge on any atom is -0.481 e. The van der Waals surface area contributed by atoms with E-state index < -0.39 is 18.0 Å². The Morgan fingerprint density at radius 3 is 2.04 bits per heavy atom. The molecule has 0 saturated heterocycles. The van der Waals surface area contributed by atoms with Crippen LogP contribution in [0.4, 0.5) is 0 Å². The first-order valence-electron chi connectivity index (χ1n) is 7.91. The zero-order chi connectivity index (χ0) is 16.9. The molecule has 122 valence electrons. The smallest absolute Gasteiger partial charge is 0.306 e. The van der Waals surface area contributed by atoms with E-state index in [-0.39, 0.29) is 11.8 Å². The SMILES string of the molecule is CC(C)(CC(CC(O)c1ccccc1)C(=O)O)c1ccccc1. The van der Waals surface area contributed by atoms with Gasteiger partial charge >= 0.3 is 5.97 Å². The average molecular weight is 312 g/mol. The predicted molar refractivity (Wildman–Crippen MR) is 91.2 cm³/mol. The van der Waals surface area contributed by atoms with Crippen molar-refractivity contribution < 1.29 is 15.0 Å². The van der Waals surface area contributed by atoms with Crippen LogP contribution in [0.5, 0.6) is 0 Å². The number of carboxylic acids is 1. The number of aliphatic hydroxyl groups excluding tert-OH is 1. The summed E-state index contributed by atoms with van der Waals surface area (Å²) < 4.78 is 0. The third-order valence-electron chi connectivity index (χ3n) is 4.35. The zero-order valence-corrected chi connectivity index (χ0v) is 13.6. The number of benzene rings is 2. The largest absolute Gasteiger partial charge is 0.481 e. The lowest BCUT2D eigenvalue weighted by molar-refractivity contribution is -0.143. The molecule has 0 amide bonds. The third-order valence-corrected chi connectivity index (χ3v) is 4.35. The summed E-state index contributed by atoms with van der Waals surface area (Å²) in [4.78, 5) is 11.7. The molecule has 3 heteroatoms. The molecule has 2 aromatic rings. The Morgan fingerprint density at radius 2 is 1.52 bits per heavy atom. The maximum Gasteiger partial charge on any atom is 0.306 e. The number of rotatable bonds is 7. The Hall–Kier alpha value is -2.13. The number of hydrogen-bond acceptors (Lipinski definition) is 2. The van der Waals surface area contributed by atoms with Crippen molar-refractivity contribution in [1.29, 1.82) is 0 Å². The van der Waals surface area contributed by atoms with Crippen LogP contribution in [0.2, 0.25) is 0 Å². The van der Waals surface area contributed by atoms with Crippen LogP contribution in [0.15, 0.2) is 60.7 Å². The fourth-order valence-electron chi connectivity index (χ4n) is 2.98. The minimum absolute atomic E-state index is 0.218. The summed E-state index contributed by atoms with van der Waals surface area (Å²) in [6, 6.07) is 19.1. The van der Waals surface area contributed by atoms with Crippen molar-refractivity contribution in [1.82, 2.24) is 0 Å². The number of aliphatic carboxylic acids is 1. The van der Waals surface area contributed by atoms with Crippen LogP contribution in [0.3, 0.4) is 0 Å². The van der Waals surface area contributed by atoms with E-state index in [1.54, 1.807) is 0 Å². The van der Waals surface area contributed by atoms with Crippen LogP contribution in [0, 0.1) is 5.92 Å². The molecule has 0 saturated carbocycles. The second-order valence-electron chi connectivity index (χ2n) is 6.65. The van der Waals surface area contributed by atoms with Crippen LogP contribution < -0.4 is 0 Å². The number of carbonyl (C=O) groups is 1. The fraction of sp³-hybridized carbons (Fsp3) is 0.350. The van der Waals surface area contributed by atoms with Gasteiger partial charge in [-0.3, -0.25) is 4.79 Å². The van der Waals surface area contributed by atoms with Gasteiger partial charge in [-0.2, -0.15) is 0 Å². The Kier molecular flexibility index (Phi) is 5.56. The molecule has 2 atom stereocenters. The topological polar surface area (TPSA) is 57.5 Å². The van der Waals surface area contributed by atoms with E-state index in [1.165, 1.54) is 0 Å². The maximum atomic E-state index is 11.7. The van der Waals surface area contributed by atoms with Crippen LogP contribution in [0.25, 0.3) is 0 Å². The van der Waals surface area contributed by atoms with Gasteiger partial charge in [0.15, 0.2) is 0 Å². The van der Waals surface area contributed by atoms with Gasteiger partial charge < -0.3 is 10.2 Å². The molecule has 0 aliphatic rings. The standard InChI is InChI=1S/C20H24O3/c1-20(2,17-11-7-4-8-12-17)14-16(19(22)23)13-18(21)15-9-5-3-6-10-15/h3-12,16,18,21H,13-14H2,1-2H3,(H,22,23). The predicted octanol–water partition coefficient (Wildman–Crippen LogP) is 4.18. The van der Waals surface area contributed by atoms with Gasteiger partial charge in [-0.15, -0.1) is 0 Å². The molecule has 0 aromatic heterocycles. The number of carboxylic acid groups (broad SMARTS) is 1. The van der Waals surface area contributed by atoms with Crippen molar-refractivity contribution >= 4 is 5.97 Å². The van der Waals surface area contributed by atoms with Crippen molar-refractivity contribution in [3.05, 3.63) is 71.8 Å². The summed E-state index contributed by atoms with van der Waals surface area (Å²) >= 11 is 0. The van der Waals surface area contributed by atoms with Gasteiger partial charge in [0.2, 0.25) is 0 Å². The quantitative estimate of drug-likeness (QED) is 0.806. The van der Waals surface area contributed by atoms with Crippen molar-refractivity contribution in [2.45, 2.75) is 38.2 Å². The monoisotopic (exact) mass is 312 g/mol. The third kappa shape index (κ3) is 4.67. The summed E-state index contributed by atoms with van der Waals surface area (Å²) in [7, 11) is 0. The zero-order valence-electron chi connectivity index (χ0n) is 13.6. The van der Waals surface area contributed by atoms with Gasteiger partial charge in [0.25, 0.3) is 0 Å². The van der Waals surface area contributed by atoms with Gasteiger partial charge in [0, 0.05) is 0 Å². The van der Waals surface area contributed by atoms with E-state index >= 15 is 0 Å². The Balaban J connectivity index is 2.11. The van der Waals surface area contributed by atoms with Crippen molar-refractivity contribution in [3.8, 4) is 0 Å². The second kappa shape index (κ2) is 7.42. The van der Waals surface area contributed by atoms with Crippen molar-refractivity contribution in [2.24, 2.45) is 5.92 Å². The van der Waals surface area contributed by atoms with Crippen molar-refractivity contribution in [3.63, 3.8) is 0 Å². The molecule has 2 N–H and O–H groups in total. The Labute approximate surface area is 137 Å². The van der Waals surface area contributed by atoms with Crippen LogP contribution in [0.1, 0.15) is 43.9 Å². The average Bonchev–Trinajstić information content (AvgIpc) is 2.55. The highest BCUT2D eigenvalue weighted by Crippen LogP contribution is 2.34. The number of aliphatic hydroxyl groups is 1. The van der Waals surface area contributed by atoms with E-state index in [2.05, 4.69) is 0 Å². The molecule has 2 rings (SSSR count). The summed E-state index contributed by atoms with van der Waals surface area (Å²) in [5.74, 6) is -1.45. The summed E-state index contributed by atoms with van der Waals surface area (Å²) in [6.45, 7) is 4.10. The van der Waals surface area contributed by atoms with Crippen LogP contribution >= 0.6 is 0 Å². The lowest BCUT2D eigenvalue weighted by atomic mass is 9.75. The molecule has 0 heterocycles. The number of hydrogen-bond donors (Lipinski definition) is 2. The molecule has 0 radical (unpaired) electrons. The van der Waals surface area contributed by atoms with Gasteiger partial charge in [0.1, 0.15) is 0 Å². The molecular formula is C20H24O3. The molecule has 2 aromatic carbocycles. The molecule has 23 heavy (non-hydrogen) atoms. The van der Waals surface area contributed by atoms with E-state index in [9.17, 15) is 15.0 Å². The first-order chi connectivity index (χ1) is 10.9.